The highest BCUT2D eigenvalue weighted by Gasteiger charge is 2.36. The summed E-state index contributed by atoms with van der Waals surface area (Å²) in [5.41, 5.74) is 4.01. The van der Waals surface area contributed by atoms with Crippen molar-refractivity contribution in [3.63, 3.8) is 0 Å². The molecular formula is C26H19FN4O3. The van der Waals surface area contributed by atoms with Crippen LogP contribution < -0.4 is 14.8 Å². The predicted molar refractivity (Wildman–Crippen MR) is 125 cm³/mol. The summed E-state index contributed by atoms with van der Waals surface area (Å²) in [4.78, 5) is 22.3. The molecule has 2 aliphatic heterocycles. The van der Waals surface area contributed by atoms with Crippen LogP contribution in [0.5, 0.6) is 11.5 Å². The van der Waals surface area contributed by atoms with Gasteiger partial charge < -0.3 is 19.4 Å². The maximum Gasteiger partial charge on any atom is 0.238 e. The minimum absolute atomic E-state index is 0.145. The van der Waals surface area contributed by atoms with Crippen molar-refractivity contribution in [2.45, 2.75) is 5.92 Å². The molecule has 0 radical (unpaired) electrons. The Morgan fingerprint density at radius 2 is 1.91 bits per heavy atom. The number of anilines is 1. The number of aromatic nitrogens is 2. The van der Waals surface area contributed by atoms with Crippen molar-refractivity contribution in [1.82, 2.24) is 9.55 Å². The van der Waals surface area contributed by atoms with Gasteiger partial charge in [0.15, 0.2) is 11.5 Å². The van der Waals surface area contributed by atoms with Gasteiger partial charge in [-0.15, -0.1) is 0 Å². The molecule has 3 aromatic carbocycles. The van der Waals surface area contributed by atoms with Gasteiger partial charge in [-0.1, -0.05) is 6.07 Å². The van der Waals surface area contributed by atoms with Crippen LogP contribution in [0.15, 0.2) is 78.0 Å². The minimum Gasteiger partial charge on any atom is -0.454 e. The highest BCUT2D eigenvalue weighted by Crippen LogP contribution is 2.39. The molecule has 1 aromatic heterocycles. The van der Waals surface area contributed by atoms with E-state index in [1.165, 1.54) is 12.1 Å². The molecule has 1 amide bonds. The summed E-state index contributed by atoms with van der Waals surface area (Å²) in [5, 5.41) is 2.78. The number of nitrogens with zero attached hydrogens (tertiary/aromatic N) is 3. The maximum atomic E-state index is 13.8. The Morgan fingerprint density at radius 1 is 1.09 bits per heavy atom. The summed E-state index contributed by atoms with van der Waals surface area (Å²) < 4.78 is 26.7. The van der Waals surface area contributed by atoms with E-state index < -0.39 is 11.7 Å². The van der Waals surface area contributed by atoms with Crippen LogP contribution in [0.3, 0.4) is 0 Å². The first-order valence-corrected chi connectivity index (χ1v) is 10.7. The maximum absolute atomic E-state index is 13.8. The summed E-state index contributed by atoms with van der Waals surface area (Å²) >= 11 is 0. The molecule has 168 valence electrons. The Labute approximate surface area is 194 Å². The number of hydrogen-bond donors (Lipinski definition) is 1. The Hall–Kier alpha value is -4.46. The lowest BCUT2D eigenvalue weighted by molar-refractivity contribution is -0.115. The summed E-state index contributed by atoms with van der Waals surface area (Å²) in [6.45, 7) is 0.145. The number of ether oxygens (including phenoxy) is 2. The molecule has 7 nitrogen and oxygen atoms in total. The van der Waals surface area contributed by atoms with Gasteiger partial charge in [0.25, 0.3) is 0 Å². The molecule has 0 fully saturated rings. The number of imidazole rings is 1. The van der Waals surface area contributed by atoms with Crippen LogP contribution in [-0.2, 0) is 11.8 Å². The van der Waals surface area contributed by atoms with E-state index >= 15 is 0 Å². The molecule has 1 unspecified atom stereocenters. The fourth-order valence-electron chi connectivity index (χ4n) is 4.33. The minimum atomic E-state index is -0.704. The first-order valence-electron chi connectivity index (χ1n) is 10.7. The highest BCUT2D eigenvalue weighted by molar-refractivity contribution is 6.24. The number of nitrogens with one attached hydrogen (secondary N) is 1. The van der Waals surface area contributed by atoms with E-state index in [4.69, 9.17) is 14.5 Å². The van der Waals surface area contributed by atoms with Crippen molar-refractivity contribution in [2.75, 3.05) is 12.1 Å². The number of fused-ring (bicyclic) bond motifs is 2. The van der Waals surface area contributed by atoms with E-state index in [1.807, 2.05) is 54.2 Å². The average Bonchev–Trinajstić information content (AvgIpc) is 3.55. The Balaban J connectivity index is 1.46. The molecule has 1 atom stereocenters. The zero-order chi connectivity index (χ0) is 23.2. The lowest BCUT2D eigenvalue weighted by Crippen LogP contribution is -2.22. The van der Waals surface area contributed by atoms with Crippen LogP contribution in [0.4, 0.5) is 15.8 Å². The molecule has 0 aliphatic carbocycles. The summed E-state index contributed by atoms with van der Waals surface area (Å²) in [7, 11) is 1.94. The van der Waals surface area contributed by atoms with Gasteiger partial charge in [-0.2, -0.15) is 0 Å². The van der Waals surface area contributed by atoms with Gasteiger partial charge in [-0.25, -0.2) is 9.37 Å². The molecule has 6 rings (SSSR count). The van der Waals surface area contributed by atoms with E-state index in [9.17, 15) is 9.18 Å². The highest BCUT2D eigenvalue weighted by atomic mass is 19.1. The SMILES string of the molecule is Cn1ccnc1-c1ccc(N=C(c2ccc3c(c2)OCO3)C2C(=O)Nc3cc(F)ccc32)cc1. The molecule has 4 aromatic rings. The van der Waals surface area contributed by atoms with Crippen molar-refractivity contribution in [3.05, 3.63) is 90.0 Å². The lowest BCUT2D eigenvalue weighted by atomic mass is 9.90. The molecule has 3 heterocycles. The van der Waals surface area contributed by atoms with E-state index in [0.29, 0.717) is 34.1 Å². The third kappa shape index (κ3) is 3.40. The second kappa shape index (κ2) is 7.84. The van der Waals surface area contributed by atoms with Crippen LogP contribution in [0, 0.1) is 5.82 Å². The number of benzene rings is 3. The van der Waals surface area contributed by atoms with Crippen LogP contribution in [0.2, 0.25) is 0 Å². The fourth-order valence-corrected chi connectivity index (χ4v) is 4.33. The van der Waals surface area contributed by atoms with Crippen LogP contribution in [0.25, 0.3) is 11.4 Å². The van der Waals surface area contributed by atoms with Crippen molar-refractivity contribution < 1.29 is 18.7 Å². The van der Waals surface area contributed by atoms with Crippen LogP contribution in [-0.4, -0.2) is 28.0 Å². The number of aryl methyl sites for hydroxylation is 1. The van der Waals surface area contributed by atoms with Crippen molar-refractivity contribution in [1.29, 1.82) is 0 Å². The van der Waals surface area contributed by atoms with Crippen LogP contribution >= 0.6 is 0 Å². The molecule has 8 heteroatoms. The second-order valence-electron chi connectivity index (χ2n) is 8.13. The number of carbonyl (C=O) groups is 1. The topological polar surface area (TPSA) is 77.7 Å². The zero-order valence-electron chi connectivity index (χ0n) is 18.2. The van der Waals surface area contributed by atoms with Gasteiger partial charge in [-0.05, 0) is 60.2 Å². The monoisotopic (exact) mass is 454 g/mol. The summed E-state index contributed by atoms with van der Waals surface area (Å²) in [6.07, 6.45) is 3.64. The molecule has 1 N–H and O–H groups in total. The first kappa shape index (κ1) is 20.2. The quantitative estimate of drug-likeness (QED) is 0.449. The predicted octanol–water partition coefficient (Wildman–Crippen LogP) is 4.81. The number of rotatable bonds is 4. The number of halogens is 1. The summed E-state index contributed by atoms with van der Waals surface area (Å²) in [6, 6.07) is 17.4. The van der Waals surface area contributed by atoms with Crippen LogP contribution in [0.1, 0.15) is 17.0 Å². The smallest absolute Gasteiger partial charge is 0.238 e. The molecule has 34 heavy (non-hydrogen) atoms. The van der Waals surface area contributed by atoms with Crippen molar-refractivity contribution in [3.8, 4) is 22.9 Å². The molecule has 2 aliphatic rings. The number of carbonyl (C=O) groups excluding carboxylic acids is 1. The van der Waals surface area contributed by atoms with Gasteiger partial charge in [0.05, 0.1) is 11.4 Å². The van der Waals surface area contributed by atoms with Crippen molar-refractivity contribution >= 4 is 23.0 Å². The number of aliphatic imine (C=N–C) groups is 1. The van der Waals surface area contributed by atoms with Gasteiger partial charge >= 0.3 is 0 Å². The Bertz CT molecular complexity index is 1460. The van der Waals surface area contributed by atoms with Gasteiger partial charge in [0.2, 0.25) is 12.7 Å². The zero-order valence-corrected chi connectivity index (χ0v) is 18.2. The third-order valence-electron chi connectivity index (χ3n) is 5.98. The molecular weight excluding hydrogens is 435 g/mol. The van der Waals surface area contributed by atoms with Crippen molar-refractivity contribution in [2.24, 2.45) is 12.0 Å². The first-order chi connectivity index (χ1) is 16.6. The Morgan fingerprint density at radius 3 is 2.71 bits per heavy atom. The molecule has 0 saturated heterocycles. The third-order valence-corrected chi connectivity index (χ3v) is 5.98. The van der Waals surface area contributed by atoms with E-state index in [0.717, 1.165) is 17.0 Å². The molecule has 0 spiro atoms. The Kier molecular flexibility index (Phi) is 4.65. The van der Waals surface area contributed by atoms with E-state index in [-0.39, 0.29) is 12.7 Å². The van der Waals surface area contributed by atoms with E-state index in [2.05, 4.69) is 10.3 Å². The lowest BCUT2D eigenvalue weighted by Gasteiger charge is -2.14. The normalized spacial score (nSPS) is 16.5. The average molecular weight is 454 g/mol. The number of amides is 1. The largest absolute Gasteiger partial charge is 0.454 e. The number of hydrogen-bond acceptors (Lipinski definition) is 5. The van der Waals surface area contributed by atoms with Gasteiger partial charge in [0.1, 0.15) is 17.6 Å². The van der Waals surface area contributed by atoms with Gasteiger partial charge in [-0.3, -0.25) is 9.79 Å². The van der Waals surface area contributed by atoms with Gasteiger partial charge in [0, 0.05) is 36.3 Å². The second-order valence-corrected chi connectivity index (χ2v) is 8.13. The molecule has 0 saturated carbocycles. The standard InChI is InChI=1S/C26H19FN4O3/c1-31-11-10-28-25(31)15-2-6-18(7-3-15)29-24(16-4-9-21-22(12-16)34-14-33-21)23-19-8-5-17(27)13-20(19)30-26(23)32/h2-13,23H,14H2,1H3,(H,30,32). The molecule has 0 bridgehead atoms. The fraction of sp³-hybridized carbons (Fsp3) is 0.115. The summed E-state index contributed by atoms with van der Waals surface area (Å²) in [5.74, 6) is 0.699. The van der Waals surface area contributed by atoms with E-state index in [1.54, 1.807) is 18.3 Å².